The van der Waals surface area contributed by atoms with Gasteiger partial charge in [0.05, 0.1) is 18.4 Å². The lowest BCUT2D eigenvalue weighted by molar-refractivity contribution is 0.389. The Morgan fingerprint density at radius 2 is 2.00 bits per heavy atom. The van der Waals surface area contributed by atoms with Crippen LogP contribution in [0.25, 0.3) is 11.3 Å². The number of aromatic nitrogens is 3. The van der Waals surface area contributed by atoms with E-state index in [1.54, 1.807) is 30.5 Å². The Labute approximate surface area is 137 Å². The second kappa shape index (κ2) is 6.58. The van der Waals surface area contributed by atoms with Crippen LogP contribution in [0.5, 0.6) is 5.88 Å². The first-order valence-corrected chi connectivity index (χ1v) is 7.10. The first-order valence-electron chi connectivity index (χ1n) is 6.72. The van der Waals surface area contributed by atoms with Crippen molar-refractivity contribution in [2.45, 2.75) is 0 Å². The number of nitrogens with one attached hydrogen (secondary N) is 1. The molecule has 0 radical (unpaired) electrons. The van der Waals surface area contributed by atoms with E-state index in [0.29, 0.717) is 22.2 Å². The van der Waals surface area contributed by atoms with E-state index in [-0.39, 0.29) is 5.88 Å². The van der Waals surface area contributed by atoms with Gasteiger partial charge in [-0.05, 0) is 36.4 Å². The van der Waals surface area contributed by atoms with Gasteiger partial charge in [0, 0.05) is 16.9 Å². The van der Waals surface area contributed by atoms with Crippen LogP contribution >= 0.6 is 11.6 Å². The third kappa shape index (κ3) is 3.54. The molecule has 2 heterocycles. The lowest BCUT2D eigenvalue weighted by Crippen LogP contribution is -2.00. The molecule has 0 aliphatic heterocycles. The summed E-state index contributed by atoms with van der Waals surface area (Å²) in [5.74, 6) is -0.0644. The average Bonchev–Trinajstić information content (AvgIpc) is 2.55. The predicted molar refractivity (Wildman–Crippen MR) is 86.5 cm³/mol. The topological polar surface area (TPSA) is 59.9 Å². The molecule has 2 aromatic heterocycles. The van der Waals surface area contributed by atoms with Gasteiger partial charge in [-0.2, -0.15) is 9.37 Å². The van der Waals surface area contributed by atoms with Crippen molar-refractivity contribution >= 4 is 23.2 Å². The number of ether oxygens (including phenoxy) is 1. The van der Waals surface area contributed by atoms with E-state index in [1.165, 1.54) is 13.2 Å². The minimum Gasteiger partial charge on any atom is -0.480 e. The van der Waals surface area contributed by atoms with E-state index in [1.807, 2.05) is 12.1 Å². The average molecular weight is 331 g/mol. The van der Waals surface area contributed by atoms with Gasteiger partial charge in [0.2, 0.25) is 17.8 Å². The smallest absolute Gasteiger partial charge is 0.227 e. The van der Waals surface area contributed by atoms with E-state index < -0.39 is 5.95 Å². The molecule has 0 fully saturated rings. The fourth-order valence-electron chi connectivity index (χ4n) is 2.03. The monoisotopic (exact) mass is 330 g/mol. The first-order chi connectivity index (χ1) is 11.2. The fraction of sp³-hybridized carbons (Fsp3) is 0.0625. The second-order valence-electron chi connectivity index (χ2n) is 4.59. The zero-order valence-corrected chi connectivity index (χ0v) is 12.9. The second-order valence-corrected chi connectivity index (χ2v) is 5.03. The van der Waals surface area contributed by atoms with Gasteiger partial charge in [-0.25, -0.2) is 9.97 Å². The molecule has 0 aliphatic carbocycles. The molecule has 0 spiro atoms. The summed E-state index contributed by atoms with van der Waals surface area (Å²) in [4.78, 5) is 12.3. The largest absolute Gasteiger partial charge is 0.480 e. The highest BCUT2D eigenvalue weighted by molar-refractivity contribution is 6.30. The lowest BCUT2D eigenvalue weighted by Gasteiger charge is -2.09. The Kier molecular flexibility index (Phi) is 4.34. The number of benzene rings is 1. The van der Waals surface area contributed by atoms with Gasteiger partial charge in [-0.15, -0.1) is 0 Å². The Morgan fingerprint density at radius 1 is 1.13 bits per heavy atom. The van der Waals surface area contributed by atoms with Crippen LogP contribution in [0.4, 0.5) is 16.0 Å². The van der Waals surface area contributed by atoms with Gasteiger partial charge >= 0.3 is 0 Å². The number of pyridine rings is 1. The van der Waals surface area contributed by atoms with Crippen molar-refractivity contribution in [3.05, 3.63) is 59.6 Å². The van der Waals surface area contributed by atoms with Crippen LogP contribution in [0, 0.1) is 5.95 Å². The van der Waals surface area contributed by atoms with E-state index in [4.69, 9.17) is 16.3 Å². The molecule has 7 heteroatoms. The number of methoxy groups -OCH3 is 1. The highest BCUT2D eigenvalue weighted by atomic mass is 35.5. The molecule has 5 nitrogen and oxygen atoms in total. The number of nitrogens with zero attached hydrogens (tertiary/aromatic N) is 3. The van der Waals surface area contributed by atoms with Gasteiger partial charge < -0.3 is 10.1 Å². The third-order valence-corrected chi connectivity index (χ3v) is 3.27. The molecular weight excluding hydrogens is 319 g/mol. The number of rotatable bonds is 4. The quantitative estimate of drug-likeness (QED) is 0.730. The van der Waals surface area contributed by atoms with E-state index in [2.05, 4.69) is 20.3 Å². The van der Waals surface area contributed by atoms with Crippen molar-refractivity contribution in [3.8, 4) is 17.1 Å². The number of hydrogen-bond donors (Lipinski definition) is 1. The fourth-order valence-corrected chi connectivity index (χ4v) is 2.22. The molecule has 0 unspecified atom stereocenters. The van der Waals surface area contributed by atoms with Crippen LogP contribution in [0.15, 0.2) is 48.7 Å². The summed E-state index contributed by atoms with van der Waals surface area (Å²) in [6, 6.07) is 11.7. The van der Waals surface area contributed by atoms with Crippen LogP contribution in [-0.2, 0) is 0 Å². The van der Waals surface area contributed by atoms with Gasteiger partial charge in [-0.3, -0.25) is 0 Å². The lowest BCUT2D eigenvalue weighted by atomic mass is 10.2. The molecule has 0 saturated heterocycles. The van der Waals surface area contributed by atoms with Gasteiger partial charge in [-0.1, -0.05) is 17.7 Å². The third-order valence-electron chi connectivity index (χ3n) is 3.03. The van der Waals surface area contributed by atoms with Crippen LogP contribution in [0.3, 0.4) is 0 Å². The van der Waals surface area contributed by atoms with Crippen LogP contribution in [0.1, 0.15) is 0 Å². The highest BCUT2D eigenvalue weighted by Gasteiger charge is 2.11. The number of halogens is 2. The van der Waals surface area contributed by atoms with Gasteiger partial charge in [0.1, 0.15) is 0 Å². The summed E-state index contributed by atoms with van der Waals surface area (Å²) in [7, 11) is 1.43. The van der Waals surface area contributed by atoms with Gasteiger partial charge in [0.25, 0.3) is 0 Å². The standard InChI is InChI=1S/C16H12ClFN4O/c1-23-15-12(5-6-14(18)22-15)13-7-8-19-16(21-13)20-11-4-2-3-10(17)9-11/h2-9H,1H3,(H,19,20,21). The summed E-state index contributed by atoms with van der Waals surface area (Å²) in [5.41, 5.74) is 1.90. The van der Waals surface area contributed by atoms with Crippen LogP contribution < -0.4 is 10.1 Å². The maximum absolute atomic E-state index is 13.2. The molecule has 0 aliphatic rings. The highest BCUT2D eigenvalue weighted by Crippen LogP contribution is 2.27. The molecule has 3 rings (SSSR count). The predicted octanol–water partition coefficient (Wildman–Crippen LogP) is 4.08. The Morgan fingerprint density at radius 3 is 2.78 bits per heavy atom. The maximum atomic E-state index is 13.2. The summed E-state index contributed by atoms with van der Waals surface area (Å²) in [6.07, 6.45) is 1.60. The van der Waals surface area contributed by atoms with E-state index in [9.17, 15) is 4.39 Å². The summed E-state index contributed by atoms with van der Waals surface area (Å²) in [6.45, 7) is 0. The zero-order chi connectivity index (χ0) is 16.2. The molecule has 0 bridgehead atoms. The van der Waals surface area contributed by atoms with Gasteiger partial charge in [0.15, 0.2) is 0 Å². The van der Waals surface area contributed by atoms with E-state index in [0.717, 1.165) is 5.69 Å². The molecule has 116 valence electrons. The summed E-state index contributed by atoms with van der Waals surface area (Å²) >= 11 is 5.95. The maximum Gasteiger partial charge on any atom is 0.227 e. The molecule has 3 aromatic rings. The molecule has 0 saturated carbocycles. The van der Waals surface area contributed by atoms with Crippen LogP contribution in [-0.4, -0.2) is 22.1 Å². The van der Waals surface area contributed by atoms with Crippen molar-refractivity contribution in [2.24, 2.45) is 0 Å². The minimum absolute atomic E-state index is 0.164. The zero-order valence-electron chi connectivity index (χ0n) is 12.1. The summed E-state index contributed by atoms with van der Waals surface area (Å²) < 4.78 is 18.3. The number of anilines is 2. The Hall–Kier alpha value is -2.73. The van der Waals surface area contributed by atoms with Crippen LogP contribution in [0.2, 0.25) is 5.02 Å². The molecule has 1 aromatic carbocycles. The molecule has 23 heavy (non-hydrogen) atoms. The van der Waals surface area contributed by atoms with Crippen molar-refractivity contribution in [3.63, 3.8) is 0 Å². The number of hydrogen-bond acceptors (Lipinski definition) is 5. The Balaban J connectivity index is 1.94. The molecule has 0 atom stereocenters. The summed E-state index contributed by atoms with van der Waals surface area (Å²) in [5, 5.41) is 3.67. The van der Waals surface area contributed by atoms with Crippen molar-refractivity contribution in [1.82, 2.24) is 15.0 Å². The molecule has 1 N–H and O–H groups in total. The van der Waals surface area contributed by atoms with Crippen molar-refractivity contribution in [2.75, 3.05) is 12.4 Å². The molecule has 0 amide bonds. The SMILES string of the molecule is COc1nc(F)ccc1-c1ccnc(Nc2cccc(Cl)c2)n1. The first kappa shape index (κ1) is 15.2. The minimum atomic E-state index is -0.614. The van der Waals surface area contributed by atoms with Crippen molar-refractivity contribution < 1.29 is 9.13 Å². The van der Waals surface area contributed by atoms with Crippen molar-refractivity contribution in [1.29, 1.82) is 0 Å². The molecular formula is C16H12ClFN4O. The Bertz CT molecular complexity index is 844. The normalized spacial score (nSPS) is 10.4. The van der Waals surface area contributed by atoms with E-state index >= 15 is 0 Å².